The molecule has 1 atom stereocenters. The molecule has 0 bridgehead atoms. The lowest BCUT2D eigenvalue weighted by Crippen LogP contribution is -2.61. The fraction of sp³-hybridized carbons (Fsp3) is 0.571. The molecule has 3 heterocycles. The second-order valence-corrected chi connectivity index (χ2v) is 5.83. The van der Waals surface area contributed by atoms with Gasteiger partial charge in [-0.1, -0.05) is 0 Å². The predicted octanol–water partition coefficient (Wildman–Crippen LogP) is -0.863. The molecule has 1 unspecified atom stereocenters. The van der Waals surface area contributed by atoms with E-state index < -0.39 is 0 Å². The van der Waals surface area contributed by atoms with Crippen molar-refractivity contribution in [3.63, 3.8) is 0 Å². The molecule has 22 heavy (non-hydrogen) atoms. The summed E-state index contributed by atoms with van der Waals surface area (Å²) in [6.07, 6.45) is 1.78. The van der Waals surface area contributed by atoms with E-state index in [9.17, 15) is 14.4 Å². The van der Waals surface area contributed by atoms with Crippen molar-refractivity contribution in [1.82, 2.24) is 25.3 Å². The van der Waals surface area contributed by atoms with Gasteiger partial charge in [0.25, 0.3) is 5.91 Å². The van der Waals surface area contributed by atoms with Crippen molar-refractivity contribution in [2.24, 2.45) is 5.92 Å². The average molecular weight is 305 g/mol. The SMILES string of the molecule is CNC(=O)C1CC(=O)N(C2CN(C(=O)c3cn[nH]c3C)C2)C1. The van der Waals surface area contributed by atoms with Crippen LogP contribution >= 0.6 is 0 Å². The minimum absolute atomic E-state index is 0.00908. The molecule has 2 fully saturated rings. The van der Waals surface area contributed by atoms with E-state index in [1.165, 1.54) is 6.20 Å². The van der Waals surface area contributed by atoms with Crippen LogP contribution in [0.25, 0.3) is 0 Å². The summed E-state index contributed by atoms with van der Waals surface area (Å²) in [6.45, 7) is 3.26. The van der Waals surface area contributed by atoms with Crippen LogP contribution in [0.3, 0.4) is 0 Å². The highest BCUT2D eigenvalue weighted by Crippen LogP contribution is 2.26. The Hall–Kier alpha value is -2.38. The summed E-state index contributed by atoms with van der Waals surface area (Å²) < 4.78 is 0. The molecule has 0 aromatic carbocycles. The molecule has 2 N–H and O–H groups in total. The molecule has 0 aliphatic carbocycles. The minimum atomic E-state index is -0.279. The number of rotatable bonds is 3. The van der Waals surface area contributed by atoms with Gasteiger partial charge in [0.1, 0.15) is 0 Å². The molecule has 1 aromatic heterocycles. The van der Waals surface area contributed by atoms with Crippen molar-refractivity contribution >= 4 is 17.7 Å². The molecular formula is C14H19N5O3. The Bertz CT molecular complexity index is 620. The van der Waals surface area contributed by atoms with Gasteiger partial charge in [-0.2, -0.15) is 5.10 Å². The number of H-pyrrole nitrogens is 1. The van der Waals surface area contributed by atoms with Gasteiger partial charge in [-0.05, 0) is 6.92 Å². The van der Waals surface area contributed by atoms with Crippen molar-refractivity contribution in [2.45, 2.75) is 19.4 Å². The van der Waals surface area contributed by atoms with Crippen LogP contribution in [-0.2, 0) is 9.59 Å². The average Bonchev–Trinajstić information content (AvgIpc) is 3.03. The minimum Gasteiger partial charge on any atom is -0.359 e. The predicted molar refractivity (Wildman–Crippen MR) is 76.9 cm³/mol. The van der Waals surface area contributed by atoms with Crippen LogP contribution in [0.4, 0.5) is 0 Å². The van der Waals surface area contributed by atoms with Crippen LogP contribution in [-0.4, -0.2) is 70.4 Å². The maximum atomic E-state index is 12.3. The number of hydrogen-bond acceptors (Lipinski definition) is 4. The van der Waals surface area contributed by atoms with Gasteiger partial charge in [0.05, 0.1) is 23.7 Å². The molecule has 3 rings (SSSR count). The maximum Gasteiger partial charge on any atom is 0.257 e. The third-order valence-electron chi connectivity index (χ3n) is 4.43. The van der Waals surface area contributed by atoms with E-state index in [4.69, 9.17) is 0 Å². The Kier molecular flexibility index (Phi) is 3.59. The number of aryl methyl sites for hydroxylation is 1. The molecule has 8 heteroatoms. The lowest BCUT2D eigenvalue weighted by atomic mass is 10.1. The van der Waals surface area contributed by atoms with Crippen LogP contribution in [0.2, 0.25) is 0 Å². The summed E-state index contributed by atoms with van der Waals surface area (Å²) in [5, 5.41) is 9.18. The number of carbonyl (C=O) groups excluding carboxylic acids is 3. The summed E-state index contributed by atoms with van der Waals surface area (Å²) in [7, 11) is 1.58. The van der Waals surface area contributed by atoms with E-state index in [0.717, 1.165) is 5.69 Å². The van der Waals surface area contributed by atoms with Crippen LogP contribution in [0.15, 0.2) is 6.20 Å². The Labute approximate surface area is 127 Å². The normalized spacial score (nSPS) is 21.9. The fourth-order valence-electron chi connectivity index (χ4n) is 3.02. The standard InChI is InChI=1S/C14H19N5O3/c1-8-11(4-16-17-8)14(22)18-6-10(7-18)19-5-9(3-12(19)20)13(21)15-2/h4,9-10H,3,5-7H2,1-2H3,(H,15,21)(H,16,17). The summed E-state index contributed by atoms with van der Waals surface area (Å²) in [4.78, 5) is 39.4. The highest BCUT2D eigenvalue weighted by Gasteiger charge is 2.43. The zero-order valence-corrected chi connectivity index (χ0v) is 12.6. The van der Waals surface area contributed by atoms with E-state index in [1.54, 1.807) is 23.8 Å². The summed E-state index contributed by atoms with van der Waals surface area (Å²) in [5.41, 5.74) is 1.31. The Morgan fingerprint density at radius 1 is 1.36 bits per heavy atom. The molecule has 3 amide bonds. The Balaban J connectivity index is 1.58. The smallest absolute Gasteiger partial charge is 0.257 e. The molecule has 1 aromatic rings. The van der Waals surface area contributed by atoms with Gasteiger partial charge in [-0.15, -0.1) is 0 Å². The lowest BCUT2D eigenvalue weighted by Gasteiger charge is -2.44. The summed E-state index contributed by atoms with van der Waals surface area (Å²) in [5.74, 6) is -0.460. The number of aromatic amines is 1. The number of carbonyl (C=O) groups is 3. The number of hydrogen-bond donors (Lipinski definition) is 2. The Morgan fingerprint density at radius 2 is 2.09 bits per heavy atom. The van der Waals surface area contributed by atoms with Crippen molar-refractivity contribution in [2.75, 3.05) is 26.7 Å². The first-order valence-electron chi connectivity index (χ1n) is 7.31. The largest absolute Gasteiger partial charge is 0.359 e. The molecule has 8 nitrogen and oxygen atoms in total. The number of aromatic nitrogens is 2. The molecule has 0 radical (unpaired) electrons. The maximum absolute atomic E-state index is 12.3. The van der Waals surface area contributed by atoms with Gasteiger partial charge in [-0.3, -0.25) is 19.5 Å². The molecule has 118 valence electrons. The second kappa shape index (κ2) is 5.43. The first-order valence-corrected chi connectivity index (χ1v) is 7.31. The lowest BCUT2D eigenvalue weighted by molar-refractivity contribution is -0.132. The van der Waals surface area contributed by atoms with Crippen molar-refractivity contribution < 1.29 is 14.4 Å². The topological polar surface area (TPSA) is 98.4 Å². The van der Waals surface area contributed by atoms with E-state index in [1.807, 2.05) is 0 Å². The van der Waals surface area contributed by atoms with Gasteiger partial charge in [0.15, 0.2) is 0 Å². The summed E-state index contributed by atoms with van der Waals surface area (Å²) >= 11 is 0. The highest BCUT2D eigenvalue weighted by atomic mass is 16.2. The Morgan fingerprint density at radius 3 is 2.68 bits per heavy atom. The van der Waals surface area contributed by atoms with Gasteiger partial charge in [0, 0.05) is 38.8 Å². The molecular weight excluding hydrogens is 286 g/mol. The first-order chi connectivity index (χ1) is 10.5. The summed E-state index contributed by atoms with van der Waals surface area (Å²) in [6, 6.07) is 0.0123. The third-order valence-corrected chi connectivity index (χ3v) is 4.43. The number of nitrogens with zero attached hydrogens (tertiary/aromatic N) is 3. The molecule has 2 saturated heterocycles. The van der Waals surface area contributed by atoms with Crippen molar-refractivity contribution in [3.8, 4) is 0 Å². The molecule has 0 spiro atoms. The highest BCUT2D eigenvalue weighted by molar-refractivity contribution is 5.96. The van der Waals surface area contributed by atoms with Crippen LogP contribution in [0, 0.1) is 12.8 Å². The van der Waals surface area contributed by atoms with Crippen molar-refractivity contribution in [1.29, 1.82) is 0 Å². The van der Waals surface area contributed by atoms with Crippen LogP contribution in [0.1, 0.15) is 22.5 Å². The van der Waals surface area contributed by atoms with Crippen molar-refractivity contribution in [3.05, 3.63) is 17.5 Å². The van der Waals surface area contributed by atoms with E-state index in [2.05, 4.69) is 15.5 Å². The number of amides is 3. The quantitative estimate of drug-likeness (QED) is 0.759. The number of likely N-dealkylation sites (tertiary alicyclic amines) is 2. The molecule has 2 aliphatic rings. The van der Waals surface area contributed by atoms with Gasteiger partial charge in [0.2, 0.25) is 11.8 Å². The molecule has 2 aliphatic heterocycles. The zero-order valence-electron chi connectivity index (χ0n) is 12.6. The number of nitrogens with one attached hydrogen (secondary N) is 2. The third kappa shape index (κ3) is 2.34. The first kappa shape index (κ1) is 14.6. The van der Waals surface area contributed by atoms with Crippen LogP contribution < -0.4 is 5.32 Å². The van der Waals surface area contributed by atoms with Gasteiger partial charge in [-0.25, -0.2) is 0 Å². The monoisotopic (exact) mass is 305 g/mol. The van der Waals surface area contributed by atoms with Crippen LogP contribution in [0.5, 0.6) is 0 Å². The van der Waals surface area contributed by atoms with E-state index in [-0.39, 0.29) is 36.1 Å². The van der Waals surface area contributed by atoms with E-state index in [0.29, 0.717) is 25.2 Å². The van der Waals surface area contributed by atoms with Gasteiger partial charge >= 0.3 is 0 Å². The van der Waals surface area contributed by atoms with E-state index >= 15 is 0 Å². The van der Waals surface area contributed by atoms with Gasteiger partial charge < -0.3 is 15.1 Å². The zero-order chi connectivity index (χ0) is 15.9. The second-order valence-electron chi connectivity index (χ2n) is 5.83. The molecule has 0 saturated carbocycles. The fourth-order valence-corrected chi connectivity index (χ4v) is 3.02.